The number of carbonyl (C=O) groups is 1. The molecule has 0 saturated heterocycles. The molecule has 0 bridgehead atoms. The largest absolute Gasteiger partial charge is 0.341 e. The van der Waals surface area contributed by atoms with E-state index >= 15 is 0 Å². The van der Waals surface area contributed by atoms with Crippen LogP contribution in [0.25, 0.3) is 0 Å². The number of nitrogens with one attached hydrogen (secondary N) is 2. The molecule has 0 atom stereocenters. The van der Waals surface area contributed by atoms with E-state index in [0.717, 1.165) is 5.56 Å². The quantitative estimate of drug-likeness (QED) is 0.569. The summed E-state index contributed by atoms with van der Waals surface area (Å²) in [6.07, 6.45) is 1.58. The summed E-state index contributed by atoms with van der Waals surface area (Å²) in [5.74, 6) is 6.03. The Morgan fingerprint density at radius 1 is 1.67 bits per heavy atom. The number of carbonyl (C=O) groups excluding carboxylic acids is 1. The highest BCUT2D eigenvalue weighted by atomic mass is 16.2. The summed E-state index contributed by atoms with van der Waals surface area (Å²) in [5.41, 5.74) is 6.01. The summed E-state index contributed by atoms with van der Waals surface area (Å²) in [5, 5.41) is 4.98. The Labute approximate surface area is 88.1 Å². The highest BCUT2D eigenvalue weighted by molar-refractivity contribution is 5.88. The summed E-state index contributed by atoms with van der Waals surface area (Å²) in [4.78, 5) is 15.0. The fourth-order valence-corrected chi connectivity index (χ4v) is 0.909. The fraction of sp³-hybridized carbons (Fsp3) is 0.200. The van der Waals surface area contributed by atoms with Crippen LogP contribution in [-0.2, 0) is 0 Å². The van der Waals surface area contributed by atoms with Crippen LogP contribution in [0.4, 0.5) is 10.6 Å². The molecule has 0 aliphatic rings. The van der Waals surface area contributed by atoms with E-state index in [2.05, 4.69) is 27.5 Å². The minimum Gasteiger partial charge on any atom is -0.341 e. The minimum absolute atomic E-state index is 0.306. The number of anilines is 1. The van der Waals surface area contributed by atoms with Crippen LogP contribution >= 0.6 is 0 Å². The van der Waals surface area contributed by atoms with Gasteiger partial charge >= 0.3 is 6.03 Å². The van der Waals surface area contributed by atoms with Crippen LogP contribution in [0.1, 0.15) is 5.56 Å². The molecule has 0 fully saturated rings. The zero-order chi connectivity index (χ0) is 11.1. The lowest BCUT2D eigenvalue weighted by atomic mass is 10.2. The predicted molar refractivity (Wildman–Crippen MR) is 58.2 cm³/mol. The SMILES string of the molecule is CNC(=O)Nc1cc(C#CCN)ccn1. The Kier molecular flexibility index (Phi) is 4.13. The summed E-state index contributed by atoms with van der Waals surface area (Å²) < 4.78 is 0. The molecule has 0 saturated carbocycles. The van der Waals surface area contributed by atoms with E-state index in [4.69, 9.17) is 5.73 Å². The molecular weight excluding hydrogens is 192 g/mol. The number of nitrogens with two attached hydrogens (primary N) is 1. The molecule has 1 heterocycles. The molecule has 78 valence electrons. The number of urea groups is 1. The minimum atomic E-state index is -0.313. The zero-order valence-electron chi connectivity index (χ0n) is 8.37. The third-order valence-electron chi connectivity index (χ3n) is 1.56. The summed E-state index contributed by atoms with van der Waals surface area (Å²) >= 11 is 0. The molecule has 5 heteroatoms. The molecule has 0 aliphatic carbocycles. The number of pyridine rings is 1. The van der Waals surface area contributed by atoms with E-state index in [-0.39, 0.29) is 6.03 Å². The van der Waals surface area contributed by atoms with Crippen molar-refractivity contribution in [1.29, 1.82) is 0 Å². The summed E-state index contributed by atoms with van der Waals surface area (Å²) in [7, 11) is 1.54. The second-order valence-corrected chi connectivity index (χ2v) is 2.64. The Morgan fingerprint density at radius 3 is 3.13 bits per heavy atom. The van der Waals surface area contributed by atoms with Crippen LogP contribution in [0.2, 0.25) is 0 Å². The summed E-state index contributed by atoms with van der Waals surface area (Å²) in [6, 6.07) is 3.11. The van der Waals surface area contributed by atoms with Crippen LogP contribution in [0.3, 0.4) is 0 Å². The van der Waals surface area contributed by atoms with Crippen LogP contribution in [0, 0.1) is 11.8 Å². The smallest absolute Gasteiger partial charge is 0.320 e. The van der Waals surface area contributed by atoms with Gasteiger partial charge in [0.25, 0.3) is 0 Å². The van der Waals surface area contributed by atoms with Crippen molar-refractivity contribution in [2.45, 2.75) is 0 Å². The van der Waals surface area contributed by atoms with Gasteiger partial charge in [0, 0.05) is 18.8 Å². The fourth-order valence-electron chi connectivity index (χ4n) is 0.909. The van der Waals surface area contributed by atoms with E-state index in [1.54, 1.807) is 18.3 Å². The van der Waals surface area contributed by atoms with E-state index in [1.165, 1.54) is 7.05 Å². The maximum Gasteiger partial charge on any atom is 0.320 e. The Balaban J connectivity index is 2.78. The van der Waals surface area contributed by atoms with Crippen LogP contribution in [-0.4, -0.2) is 24.6 Å². The molecule has 2 amide bonds. The number of amides is 2. The Bertz CT molecular complexity index is 405. The van der Waals surface area contributed by atoms with Gasteiger partial charge in [-0.1, -0.05) is 11.8 Å². The van der Waals surface area contributed by atoms with Crippen molar-refractivity contribution in [3.8, 4) is 11.8 Å². The molecule has 0 spiro atoms. The first-order valence-corrected chi connectivity index (χ1v) is 4.40. The van der Waals surface area contributed by atoms with Gasteiger partial charge in [-0.25, -0.2) is 9.78 Å². The third-order valence-corrected chi connectivity index (χ3v) is 1.56. The topological polar surface area (TPSA) is 80.0 Å². The molecule has 1 aromatic heterocycles. The maximum atomic E-state index is 11.0. The first kappa shape index (κ1) is 11.0. The average Bonchev–Trinajstić information content (AvgIpc) is 2.26. The van der Waals surface area contributed by atoms with E-state index in [9.17, 15) is 4.79 Å². The lowest BCUT2D eigenvalue weighted by molar-refractivity contribution is 0.254. The van der Waals surface area contributed by atoms with Crippen molar-refractivity contribution in [3.05, 3.63) is 23.9 Å². The van der Waals surface area contributed by atoms with Crippen LogP contribution < -0.4 is 16.4 Å². The van der Waals surface area contributed by atoms with Gasteiger partial charge in [0.2, 0.25) is 0 Å². The van der Waals surface area contributed by atoms with E-state index < -0.39 is 0 Å². The van der Waals surface area contributed by atoms with Crippen molar-refractivity contribution in [2.24, 2.45) is 5.73 Å². The van der Waals surface area contributed by atoms with Gasteiger partial charge in [-0.15, -0.1) is 0 Å². The average molecular weight is 204 g/mol. The molecule has 5 nitrogen and oxygen atoms in total. The Morgan fingerprint density at radius 2 is 2.47 bits per heavy atom. The number of aromatic nitrogens is 1. The highest BCUT2D eigenvalue weighted by Crippen LogP contribution is 2.04. The van der Waals surface area contributed by atoms with Gasteiger partial charge in [-0.05, 0) is 12.1 Å². The van der Waals surface area contributed by atoms with Gasteiger partial charge in [-0.2, -0.15) is 0 Å². The number of hydrogen-bond acceptors (Lipinski definition) is 3. The molecule has 4 N–H and O–H groups in total. The van der Waals surface area contributed by atoms with Crippen molar-refractivity contribution >= 4 is 11.8 Å². The van der Waals surface area contributed by atoms with Crippen molar-refractivity contribution in [3.63, 3.8) is 0 Å². The number of rotatable bonds is 1. The van der Waals surface area contributed by atoms with Gasteiger partial charge in [0.1, 0.15) is 5.82 Å². The first-order chi connectivity index (χ1) is 7.26. The molecule has 1 aromatic rings. The molecule has 0 unspecified atom stereocenters. The molecular formula is C10H12N4O. The van der Waals surface area contributed by atoms with Crippen LogP contribution in [0.5, 0.6) is 0 Å². The lowest BCUT2D eigenvalue weighted by Crippen LogP contribution is -2.24. The molecule has 0 radical (unpaired) electrons. The van der Waals surface area contributed by atoms with Gasteiger partial charge in [-0.3, -0.25) is 5.32 Å². The second-order valence-electron chi connectivity index (χ2n) is 2.64. The lowest BCUT2D eigenvalue weighted by Gasteiger charge is -2.02. The highest BCUT2D eigenvalue weighted by Gasteiger charge is 1.99. The predicted octanol–water partition coefficient (Wildman–Crippen LogP) is 0.143. The van der Waals surface area contributed by atoms with Crippen molar-refractivity contribution in [2.75, 3.05) is 18.9 Å². The third kappa shape index (κ3) is 3.67. The maximum absolute atomic E-state index is 11.0. The van der Waals surface area contributed by atoms with Crippen LogP contribution in [0.15, 0.2) is 18.3 Å². The zero-order valence-corrected chi connectivity index (χ0v) is 8.37. The Hall–Kier alpha value is -2.06. The number of hydrogen-bond donors (Lipinski definition) is 3. The monoisotopic (exact) mass is 204 g/mol. The molecule has 0 aromatic carbocycles. The van der Waals surface area contributed by atoms with E-state index in [0.29, 0.717) is 12.4 Å². The van der Waals surface area contributed by atoms with Gasteiger partial charge in [0.05, 0.1) is 6.54 Å². The van der Waals surface area contributed by atoms with Crippen molar-refractivity contribution < 1.29 is 4.79 Å². The first-order valence-electron chi connectivity index (χ1n) is 4.40. The summed E-state index contributed by atoms with van der Waals surface area (Å²) in [6.45, 7) is 0.306. The normalized spacial score (nSPS) is 8.67. The number of nitrogens with zero attached hydrogens (tertiary/aromatic N) is 1. The van der Waals surface area contributed by atoms with E-state index in [1.807, 2.05) is 0 Å². The molecule has 15 heavy (non-hydrogen) atoms. The second kappa shape index (κ2) is 5.62. The van der Waals surface area contributed by atoms with Crippen molar-refractivity contribution in [1.82, 2.24) is 10.3 Å². The van der Waals surface area contributed by atoms with Gasteiger partial charge < -0.3 is 11.1 Å². The molecule has 0 aliphatic heterocycles. The van der Waals surface area contributed by atoms with Gasteiger partial charge in [0.15, 0.2) is 0 Å². The molecule has 1 rings (SSSR count). The standard InChI is InChI=1S/C10H12N4O/c1-12-10(15)14-9-7-8(3-2-5-11)4-6-13-9/h4,6-7H,5,11H2,1H3,(H2,12,13,14,15).